The van der Waals surface area contributed by atoms with Crippen LogP contribution in [-0.4, -0.2) is 16.5 Å². The zero-order chi connectivity index (χ0) is 14.7. The van der Waals surface area contributed by atoms with Gasteiger partial charge in [0, 0.05) is 12.1 Å². The SMILES string of the molecule is CCCNc1nc(-c2cc(C)ccc2C)nc(C)c1F. The van der Waals surface area contributed by atoms with Crippen LogP contribution in [0.5, 0.6) is 0 Å². The summed E-state index contributed by atoms with van der Waals surface area (Å²) < 4.78 is 14.0. The third-order valence-electron chi connectivity index (χ3n) is 3.19. The first-order valence-corrected chi connectivity index (χ1v) is 6.88. The van der Waals surface area contributed by atoms with Crippen LogP contribution in [-0.2, 0) is 0 Å². The number of aryl methyl sites for hydroxylation is 3. The number of aromatic nitrogens is 2. The van der Waals surface area contributed by atoms with E-state index in [2.05, 4.69) is 15.3 Å². The predicted molar refractivity (Wildman–Crippen MR) is 80.4 cm³/mol. The van der Waals surface area contributed by atoms with Gasteiger partial charge in [0.1, 0.15) is 0 Å². The van der Waals surface area contributed by atoms with E-state index in [0.717, 1.165) is 23.1 Å². The van der Waals surface area contributed by atoms with E-state index in [9.17, 15) is 4.39 Å². The van der Waals surface area contributed by atoms with Crippen molar-refractivity contribution in [1.29, 1.82) is 0 Å². The van der Waals surface area contributed by atoms with Gasteiger partial charge in [0.05, 0.1) is 5.69 Å². The van der Waals surface area contributed by atoms with E-state index >= 15 is 0 Å². The van der Waals surface area contributed by atoms with Crippen molar-refractivity contribution >= 4 is 5.82 Å². The van der Waals surface area contributed by atoms with Crippen molar-refractivity contribution in [2.45, 2.75) is 34.1 Å². The van der Waals surface area contributed by atoms with Crippen LogP contribution in [0.1, 0.15) is 30.2 Å². The van der Waals surface area contributed by atoms with Gasteiger partial charge in [0.2, 0.25) is 0 Å². The smallest absolute Gasteiger partial charge is 0.186 e. The molecular weight excluding hydrogens is 253 g/mol. The molecule has 0 fully saturated rings. The van der Waals surface area contributed by atoms with E-state index in [1.807, 2.05) is 39.0 Å². The first kappa shape index (κ1) is 14.4. The zero-order valence-electron chi connectivity index (χ0n) is 12.4. The normalized spacial score (nSPS) is 10.7. The number of hydrogen-bond donors (Lipinski definition) is 1. The van der Waals surface area contributed by atoms with Crippen molar-refractivity contribution in [3.05, 3.63) is 40.8 Å². The Morgan fingerprint density at radius 3 is 2.60 bits per heavy atom. The fourth-order valence-corrected chi connectivity index (χ4v) is 2.02. The lowest BCUT2D eigenvalue weighted by Crippen LogP contribution is -2.08. The minimum Gasteiger partial charge on any atom is -0.368 e. The molecule has 0 aliphatic rings. The second-order valence-electron chi connectivity index (χ2n) is 5.04. The van der Waals surface area contributed by atoms with Crippen LogP contribution in [0, 0.1) is 26.6 Å². The van der Waals surface area contributed by atoms with Crippen molar-refractivity contribution in [1.82, 2.24) is 9.97 Å². The lowest BCUT2D eigenvalue weighted by molar-refractivity contribution is 0.605. The third-order valence-corrected chi connectivity index (χ3v) is 3.19. The second kappa shape index (κ2) is 5.99. The molecule has 0 amide bonds. The molecule has 1 aromatic heterocycles. The number of nitrogens with zero attached hydrogens (tertiary/aromatic N) is 2. The minimum atomic E-state index is -0.368. The van der Waals surface area contributed by atoms with E-state index < -0.39 is 0 Å². The summed E-state index contributed by atoms with van der Waals surface area (Å²) in [4.78, 5) is 8.63. The molecule has 3 nitrogen and oxygen atoms in total. The molecule has 2 rings (SSSR count). The van der Waals surface area contributed by atoms with Crippen molar-refractivity contribution in [3.63, 3.8) is 0 Å². The van der Waals surface area contributed by atoms with Gasteiger partial charge in [-0.25, -0.2) is 14.4 Å². The molecule has 0 aliphatic heterocycles. The Morgan fingerprint density at radius 2 is 1.90 bits per heavy atom. The van der Waals surface area contributed by atoms with E-state index in [1.165, 1.54) is 0 Å². The number of anilines is 1. The average Bonchev–Trinajstić information content (AvgIpc) is 2.43. The Labute approximate surface area is 119 Å². The molecule has 1 N–H and O–H groups in total. The monoisotopic (exact) mass is 273 g/mol. The van der Waals surface area contributed by atoms with E-state index in [1.54, 1.807) is 6.92 Å². The molecular formula is C16H20FN3. The molecule has 4 heteroatoms. The van der Waals surface area contributed by atoms with Gasteiger partial charge in [-0.1, -0.05) is 24.6 Å². The molecule has 0 saturated carbocycles. The summed E-state index contributed by atoms with van der Waals surface area (Å²) in [6.45, 7) is 8.43. The lowest BCUT2D eigenvalue weighted by atomic mass is 10.0. The van der Waals surface area contributed by atoms with Crippen LogP contribution in [0.4, 0.5) is 10.2 Å². The third kappa shape index (κ3) is 2.95. The first-order valence-electron chi connectivity index (χ1n) is 6.88. The molecule has 1 heterocycles. The Kier molecular flexibility index (Phi) is 4.32. The largest absolute Gasteiger partial charge is 0.368 e. The van der Waals surface area contributed by atoms with Gasteiger partial charge in [-0.15, -0.1) is 0 Å². The van der Waals surface area contributed by atoms with Crippen molar-refractivity contribution in [2.75, 3.05) is 11.9 Å². The molecule has 2 aromatic rings. The number of benzene rings is 1. The number of hydrogen-bond acceptors (Lipinski definition) is 3. The predicted octanol–water partition coefficient (Wildman–Crippen LogP) is 4.03. The van der Waals surface area contributed by atoms with Crippen molar-refractivity contribution in [2.24, 2.45) is 0 Å². The van der Waals surface area contributed by atoms with E-state index in [-0.39, 0.29) is 11.6 Å². The maximum atomic E-state index is 14.0. The van der Waals surface area contributed by atoms with Gasteiger partial charge in [-0.05, 0) is 38.8 Å². The van der Waals surface area contributed by atoms with Crippen LogP contribution in [0.15, 0.2) is 18.2 Å². The summed E-state index contributed by atoms with van der Waals surface area (Å²) in [5, 5.41) is 3.02. The summed E-state index contributed by atoms with van der Waals surface area (Å²) in [5.41, 5.74) is 3.55. The Balaban J connectivity index is 2.51. The maximum Gasteiger partial charge on any atom is 0.186 e. The van der Waals surface area contributed by atoms with Crippen LogP contribution in [0.3, 0.4) is 0 Å². The van der Waals surface area contributed by atoms with Gasteiger partial charge in [0.15, 0.2) is 17.5 Å². The molecule has 0 spiro atoms. The summed E-state index contributed by atoms with van der Waals surface area (Å²) in [7, 11) is 0. The van der Waals surface area contributed by atoms with E-state index in [0.29, 0.717) is 18.1 Å². The molecule has 0 atom stereocenters. The zero-order valence-corrected chi connectivity index (χ0v) is 12.4. The number of rotatable bonds is 4. The first-order chi connectivity index (χ1) is 9.52. The van der Waals surface area contributed by atoms with Crippen LogP contribution in [0.25, 0.3) is 11.4 Å². The van der Waals surface area contributed by atoms with Gasteiger partial charge in [-0.3, -0.25) is 0 Å². The van der Waals surface area contributed by atoms with Crippen LogP contribution < -0.4 is 5.32 Å². The fraction of sp³-hybridized carbons (Fsp3) is 0.375. The standard InChI is InChI=1S/C16H20FN3/c1-5-8-18-16-14(17)12(4)19-15(20-16)13-9-10(2)6-7-11(13)3/h6-7,9H,5,8H2,1-4H3,(H,18,19,20). The highest BCUT2D eigenvalue weighted by Gasteiger charge is 2.13. The fourth-order valence-electron chi connectivity index (χ4n) is 2.02. The highest BCUT2D eigenvalue weighted by molar-refractivity contribution is 5.63. The summed E-state index contributed by atoms with van der Waals surface area (Å²) >= 11 is 0. The molecule has 0 aliphatic carbocycles. The average molecular weight is 273 g/mol. The highest BCUT2D eigenvalue weighted by atomic mass is 19.1. The quantitative estimate of drug-likeness (QED) is 0.914. The molecule has 0 bridgehead atoms. The topological polar surface area (TPSA) is 37.8 Å². The summed E-state index contributed by atoms with van der Waals surface area (Å²) in [6, 6.07) is 6.11. The van der Waals surface area contributed by atoms with Crippen LogP contribution >= 0.6 is 0 Å². The van der Waals surface area contributed by atoms with Gasteiger partial charge in [-0.2, -0.15) is 0 Å². The van der Waals surface area contributed by atoms with Gasteiger partial charge >= 0.3 is 0 Å². The van der Waals surface area contributed by atoms with Gasteiger partial charge < -0.3 is 5.32 Å². The second-order valence-corrected chi connectivity index (χ2v) is 5.04. The molecule has 0 saturated heterocycles. The van der Waals surface area contributed by atoms with Crippen LogP contribution in [0.2, 0.25) is 0 Å². The lowest BCUT2D eigenvalue weighted by Gasteiger charge is -2.11. The van der Waals surface area contributed by atoms with Gasteiger partial charge in [0.25, 0.3) is 0 Å². The highest BCUT2D eigenvalue weighted by Crippen LogP contribution is 2.24. The molecule has 106 valence electrons. The number of nitrogens with one attached hydrogen (secondary N) is 1. The van der Waals surface area contributed by atoms with Crippen molar-refractivity contribution in [3.8, 4) is 11.4 Å². The Bertz CT molecular complexity index is 623. The van der Waals surface area contributed by atoms with E-state index in [4.69, 9.17) is 0 Å². The Hall–Kier alpha value is -1.97. The molecule has 1 aromatic carbocycles. The maximum absolute atomic E-state index is 14.0. The Morgan fingerprint density at radius 1 is 1.15 bits per heavy atom. The molecule has 0 unspecified atom stereocenters. The molecule has 0 radical (unpaired) electrons. The summed E-state index contributed by atoms with van der Waals surface area (Å²) in [5.74, 6) is 0.492. The minimum absolute atomic E-state index is 0.287. The molecule has 20 heavy (non-hydrogen) atoms. The summed E-state index contributed by atoms with van der Waals surface area (Å²) in [6.07, 6.45) is 0.918. The number of halogens is 1. The van der Waals surface area contributed by atoms with Crippen molar-refractivity contribution < 1.29 is 4.39 Å².